The number of carbonyl (C=O) groups is 2. The summed E-state index contributed by atoms with van der Waals surface area (Å²) in [5, 5.41) is 0. The second kappa shape index (κ2) is 13.7. The second-order valence-corrected chi connectivity index (χ2v) is 10.6. The summed E-state index contributed by atoms with van der Waals surface area (Å²) in [5.41, 5.74) is 8.33. The maximum Gasteiger partial charge on any atom is 0.217 e. The van der Waals surface area contributed by atoms with E-state index < -0.39 is 5.92 Å². The van der Waals surface area contributed by atoms with Gasteiger partial charge in [0.15, 0.2) is 11.6 Å². The number of hydrogen-bond acceptors (Lipinski definition) is 8. The van der Waals surface area contributed by atoms with Gasteiger partial charge in [0.2, 0.25) is 5.88 Å². The van der Waals surface area contributed by atoms with Gasteiger partial charge in [-0.1, -0.05) is 19.8 Å². The molecule has 0 amide bonds. The Morgan fingerprint density at radius 3 is 2.54 bits per heavy atom. The number of ether oxygens (including phenoxy) is 1. The smallest absolute Gasteiger partial charge is 0.217 e. The molecule has 0 aromatic carbocycles. The standard InChI is InChI=1S/C27H41N5O3.C2H2/c1-4-8-21(26(34)20-10-5-6-11-23(20)33)25(28)27-29-22(18-12-14-31(2)16-18)15-24(30-27)35-17-19-9-7-13-32(19)3;1-2/h15,18-20H,4-14,16-17,28H2,1-3H3;1-2H/b25-21-;/t18-,19+,20+;/m1./s1. The predicted octanol–water partition coefficient (Wildman–Crippen LogP) is 3.42. The monoisotopic (exact) mass is 509 g/mol. The molecule has 1 aromatic rings. The number of likely N-dealkylation sites (N-methyl/N-ethyl adjacent to an activating group) is 2. The number of rotatable bonds is 9. The van der Waals surface area contributed by atoms with Crippen molar-refractivity contribution in [3.8, 4) is 18.7 Å². The maximum atomic E-state index is 13.5. The molecular formula is C29H43N5O3. The first-order chi connectivity index (χ1) is 17.9. The summed E-state index contributed by atoms with van der Waals surface area (Å²) in [6.07, 6.45) is 15.4. The fraction of sp³-hybridized carbons (Fsp3) is 0.655. The van der Waals surface area contributed by atoms with Gasteiger partial charge >= 0.3 is 0 Å². The molecule has 3 fully saturated rings. The fourth-order valence-corrected chi connectivity index (χ4v) is 5.64. The average Bonchev–Trinajstić information content (AvgIpc) is 3.54. The van der Waals surface area contributed by atoms with Crippen molar-refractivity contribution in [2.45, 2.75) is 76.7 Å². The van der Waals surface area contributed by atoms with Crippen molar-refractivity contribution in [1.82, 2.24) is 19.8 Å². The zero-order chi connectivity index (χ0) is 26.9. The fourth-order valence-electron chi connectivity index (χ4n) is 5.64. The van der Waals surface area contributed by atoms with E-state index in [0.29, 0.717) is 54.9 Å². The lowest BCUT2D eigenvalue weighted by Gasteiger charge is -2.22. The van der Waals surface area contributed by atoms with Crippen molar-refractivity contribution in [2.24, 2.45) is 11.7 Å². The van der Waals surface area contributed by atoms with Gasteiger partial charge in [0.05, 0.1) is 17.3 Å². The molecule has 0 radical (unpaired) electrons. The summed E-state index contributed by atoms with van der Waals surface area (Å²) in [7, 11) is 4.24. The third-order valence-corrected chi connectivity index (χ3v) is 7.86. The Morgan fingerprint density at radius 1 is 1.14 bits per heavy atom. The van der Waals surface area contributed by atoms with Crippen molar-refractivity contribution in [3.05, 3.63) is 23.2 Å². The Bertz CT molecular complexity index is 1000. The molecule has 8 nitrogen and oxygen atoms in total. The van der Waals surface area contributed by atoms with E-state index in [1.165, 1.54) is 6.42 Å². The first-order valence-corrected chi connectivity index (χ1v) is 13.7. The minimum atomic E-state index is -0.580. The highest BCUT2D eigenvalue weighted by atomic mass is 16.5. The van der Waals surface area contributed by atoms with E-state index in [1.54, 1.807) is 0 Å². The number of aromatic nitrogens is 2. The summed E-state index contributed by atoms with van der Waals surface area (Å²) in [6, 6.07) is 2.32. The van der Waals surface area contributed by atoms with E-state index in [4.69, 9.17) is 15.5 Å². The van der Waals surface area contributed by atoms with Crippen LogP contribution in [0.25, 0.3) is 5.70 Å². The van der Waals surface area contributed by atoms with Crippen molar-refractivity contribution in [1.29, 1.82) is 0 Å². The van der Waals surface area contributed by atoms with Crippen LogP contribution in [0.3, 0.4) is 0 Å². The Hall–Kier alpha value is -2.76. The van der Waals surface area contributed by atoms with Gasteiger partial charge in [-0.3, -0.25) is 9.59 Å². The summed E-state index contributed by atoms with van der Waals surface area (Å²) < 4.78 is 6.19. The molecule has 1 aromatic heterocycles. The number of Topliss-reactive ketones (excluding diaryl/α,β-unsaturated/α-hetero) is 2. The molecule has 0 unspecified atom stereocenters. The Labute approximate surface area is 222 Å². The average molecular weight is 510 g/mol. The third-order valence-electron chi connectivity index (χ3n) is 7.86. The quantitative estimate of drug-likeness (QED) is 0.307. The largest absolute Gasteiger partial charge is 0.476 e. The molecule has 0 spiro atoms. The molecule has 202 valence electrons. The first-order valence-electron chi connectivity index (χ1n) is 13.7. The van der Waals surface area contributed by atoms with E-state index in [2.05, 4.69) is 41.7 Å². The first kappa shape index (κ1) is 28.8. The minimum absolute atomic E-state index is 0.0380. The van der Waals surface area contributed by atoms with Gasteiger partial charge in [-0.25, -0.2) is 4.98 Å². The van der Waals surface area contributed by atoms with E-state index in [9.17, 15) is 9.59 Å². The molecule has 1 aliphatic carbocycles. The molecule has 2 N–H and O–H groups in total. The number of terminal acetylenes is 1. The number of nitrogens with two attached hydrogens (primary N) is 1. The van der Waals surface area contributed by atoms with E-state index in [0.717, 1.165) is 57.4 Å². The third kappa shape index (κ3) is 7.18. The number of carbonyl (C=O) groups excluding carboxylic acids is 2. The Kier molecular flexibility index (Phi) is 10.7. The maximum absolute atomic E-state index is 13.5. The van der Waals surface area contributed by atoms with E-state index in [1.807, 2.05) is 13.0 Å². The second-order valence-electron chi connectivity index (χ2n) is 10.6. The summed E-state index contributed by atoms with van der Waals surface area (Å²) in [4.78, 5) is 40.1. The normalized spacial score (nSPS) is 25.3. The van der Waals surface area contributed by atoms with Crippen molar-refractivity contribution in [3.63, 3.8) is 0 Å². The highest BCUT2D eigenvalue weighted by Crippen LogP contribution is 2.31. The molecule has 0 bridgehead atoms. The van der Waals surface area contributed by atoms with Crippen molar-refractivity contribution < 1.29 is 14.3 Å². The SMILES string of the molecule is C#C.CCC/C(C(=O)[C@H]1CCCCC1=O)=C(/N)c1nc(OC[C@@H]2CCCN2C)cc([C@@H]2CCN(C)C2)n1. The lowest BCUT2D eigenvalue weighted by atomic mass is 9.81. The Balaban J connectivity index is 0.00000186. The van der Waals surface area contributed by atoms with E-state index in [-0.39, 0.29) is 17.5 Å². The van der Waals surface area contributed by atoms with Crippen molar-refractivity contribution in [2.75, 3.05) is 40.3 Å². The summed E-state index contributed by atoms with van der Waals surface area (Å²) in [5.74, 6) is 0.460. The van der Waals surface area contributed by atoms with Gasteiger partial charge in [0, 0.05) is 36.6 Å². The Morgan fingerprint density at radius 2 is 1.92 bits per heavy atom. The molecule has 3 atom stereocenters. The zero-order valence-corrected chi connectivity index (χ0v) is 22.7. The lowest BCUT2D eigenvalue weighted by molar-refractivity contribution is -0.132. The minimum Gasteiger partial charge on any atom is -0.476 e. The lowest BCUT2D eigenvalue weighted by Crippen LogP contribution is -2.31. The number of nitrogens with zero attached hydrogens (tertiary/aromatic N) is 4. The topological polar surface area (TPSA) is 102 Å². The summed E-state index contributed by atoms with van der Waals surface area (Å²) in [6.45, 7) is 5.60. The van der Waals surface area contributed by atoms with Crippen LogP contribution in [-0.2, 0) is 9.59 Å². The van der Waals surface area contributed by atoms with Crippen LogP contribution in [0, 0.1) is 18.8 Å². The van der Waals surface area contributed by atoms with Crippen LogP contribution in [0.4, 0.5) is 0 Å². The van der Waals surface area contributed by atoms with Crippen molar-refractivity contribution >= 4 is 17.3 Å². The number of ketones is 2. The van der Waals surface area contributed by atoms with Crippen LogP contribution in [0.5, 0.6) is 5.88 Å². The number of allylic oxidation sites excluding steroid dienone is 1. The molecule has 2 saturated heterocycles. The van der Waals surface area contributed by atoms with Crippen LogP contribution in [0.2, 0.25) is 0 Å². The molecule has 3 aliphatic rings. The molecule has 4 rings (SSSR count). The van der Waals surface area contributed by atoms with Gasteiger partial charge in [-0.05, 0) is 65.7 Å². The van der Waals surface area contributed by atoms with E-state index >= 15 is 0 Å². The van der Waals surface area contributed by atoms with Crippen LogP contribution in [0.1, 0.15) is 82.1 Å². The summed E-state index contributed by atoms with van der Waals surface area (Å²) >= 11 is 0. The highest BCUT2D eigenvalue weighted by molar-refractivity contribution is 6.13. The van der Waals surface area contributed by atoms with Crippen LogP contribution >= 0.6 is 0 Å². The molecule has 3 heterocycles. The zero-order valence-electron chi connectivity index (χ0n) is 22.7. The number of hydrogen-bond donors (Lipinski definition) is 1. The van der Waals surface area contributed by atoms with Gasteiger partial charge in [-0.2, -0.15) is 4.98 Å². The number of likely N-dealkylation sites (tertiary alicyclic amines) is 2. The molecule has 1 saturated carbocycles. The van der Waals surface area contributed by atoms with Gasteiger partial charge in [0.1, 0.15) is 12.4 Å². The predicted molar refractivity (Wildman–Crippen MR) is 146 cm³/mol. The molecule has 2 aliphatic heterocycles. The van der Waals surface area contributed by atoms with Crippen LogP contribution in [0.15, 0.2) is 11.6 Å². The van der Waals surface area contributed by atoms with Crippen LogP contribution in [-0.4, -0.2) is 77.7 Å². The van der Waals surface area contributed by atoms with Gasteiger partial charge in [0.25, 0.3) is 0 Å². The molecule has 8 heteroatoms. The van der Waals surface area contributed by atoms with Gasteiger partial charge in [-0.15, -0.1) is 12.8 Å². The highest BCUT2D eigenvalue weighted by Gasteiger charge is 2.33. The molecule has 37 heavy (non-hydrogen) atoms. The van der Waals surface area contributed by atoms with Crippen LogP contribution < -0.4 is 10.5 Å². The van der Waals surface area contributed by atoms with Gasteiger partial charge < -0.3 is 20.3 Å². The molecular weight excluding hydrogens is 466 g/mol.